The summed E-state index contributed by atoms with van der Waals surface area (Å²) in [5.74, 6) is -0.390. The second kappa shape index (κ2) is 5.29. The van der Waals surface area contributed by atoms with Gasteiger partial charge in [-0.2, -0.15) is 0 Å². The molecule has 3 heteroatoms. The molecule has 0 saturated carbocycles. The summed E-state index contributed by atoms with van der Waals surface area (Å²) in [4.78, 5) is 0. The second-order valence-corrected chi connectivity index (χ2v) is 3.86. The van der Waals surface area contributed by atoms with Gasteiger partial charge in [0.2, 0.25) is 0 Å². The predicted molar refractivity (Wildman–Crippen MR) is 62.6 cm³/mol. The lowest BCUT2D eigenvalue weighted by Gasteiger charge is -2.19. The lowest BCUT2D eigenvalue weighted by molar-refractivity contribution is 0.599. The van der Waals surface area contributed by atoms with Gasteiger partial charge in [-0.3, -0.25) is 0 Å². The molecule has 0 heterocycles. The molecule has 1 aromatic carbocycles. The van der Waals surface area contributed by atoms with Crippen molar-refractivity contribution in [3.8, 4) is 0 Å². The van der Waals surface area contributed by atoms with Gasteiger partial charge >= 0.3 is 0 Å². The topological polar surface area (TPSA) is 12.0 Å². The van der Waals surface area contributed by atoms with Gasteiger partial charge < -0.3 is 5.32 Å². The van der Waals surface area contributed by atoms with Gasteiger partial charge in [0.25, 0.3) is 0 Å². The summed E-state index contributed by atoms with van der Waals surface area (Å²) in [5.41, 5.74) is 1.66. The number of hydrogen-bond acceptors (Lipinski definition) is 1. The molecule has 15 heavy (non-hydrogen) atoms. The van der Waals surface area contributed by atoms with Crippen LogP contribution in [-0.2, 0) is 0 Å². The summed E-state index contributed by atoms with van der Waals surface area (Å²) < 4.78 is 13.3. The Morgan fingerprint density at radius 2 is 2.27 bits per heavy atom. The average Bonchev–Trinajstić information content (AvgIpc) is 2.19. The van der Waals surface area contributed by atoms with E-state index in [4.69, 9.17) is 11.6 Å². The molecule has 0 fully saturated rings. The van der Waals surface area contributed by atoms with Crippen LogP contribution in [-0.4, -0.2) is 6.54 Å². The fourth-order valence-electron chi connectivity index (χ4n) is 1.50. The van der Waals surface area contributed by atoms with Crippen LogP contribution in [0.15, 0.2) is 30.4 Å². The molecule has 1 atom stereocenters. The molecule has 1 nitrogen and oxygen atoms in total. The quantitative estimate of drug-likeness (QED) is 0.774. The first-order valence-corrected chi connectivity index (χ1v) is 5.28. The minimum atomic E-state index is -0.390. The van der Waals surface area contributed by atoms with E-state index in [9.17, 15) is 4.39 Å². The summed E-state index contributed by atoms with van der Waals surface area (Å²) in [6.07, 6.45) is 0. The van der Waals surface area contributed by atoms with E-state index in [1.807, 2.05) is 19.9 Å². The van der Waals surface area contributed by atoms with Gasteiger partial charge in [0.05, 0.1) is 11.1 Å². The van der Waals surface area contributed by atoms with Crippen molar-refractivity contribution in [1.82, 2.24) is 5.32 Å². The Labute approximate surface area is 95.0 Å². The van der Waals surface area contributed by atoms with Gasteiger partial charge in [0.15, 0.2) is 0 Å². The molecule has 1 N–H and O–H groups in total. The number of benzene rings is 1. The van der Waals surface area contributed by atoms with Crippen LogP contribution < -0.4 is 5.32 Å². The molecular weight excluding hydrogens is 213 g/mol. The predicted octanol–water partition coefficient (Wildman–Crippen LogP) is 3.71. The van der Waals surface area contributed by atoms with E-state index in [1.54, 1.807) is 6.07 Å². The molecule has 0 saturated heterocycles. The summed E-state index contributed by atoms with van der Waals surface area (Å²) in [6, 6.07) is 4.74. The second-order valence-electron chi connectivity index (χ2n) is 3.48. The Kier molecular flexibility index (Phi) is 4.30. The standard InChI is InChI=1S/C12H15ClFN/c1-4-15-12(8(2)3)9-6-5-7-10(14)11(9)13/h5-7,12,15H,2,4H2,1,3H3. The molecule has 0 bridgehead atoms. The van der Waals surface area contributed by atoms with E-state index in [-0.39, 0.29) is 11.1 Å². The van der Waals surface area contributed by atoms with Crippen LogP contribution in [0.5, 0.6) is 0 Å². The summed E-state index contributed by atoms with van der Waals surface area (Å²) in [7, 11) is 0. The fourth-order valence-corrected chi connectivity index (χ4v) is 1.73. The van der Waals surface area contributed by atoms with Crippen LogP contribution in [0, 0.1) is 5.82 Å². The Bertz CT molecular complexity index is 363. The molecule has 0 aliphatic carbocycles. The van der Waals surface area contributed by atoms with Crippen LogP contribution in [0.4, 0.5) is 4.39 Å². The molecule has 0 radical (unpaired) electrons. The number of hydrogen-bond donors (Lipinski definition) is 1. The van der Waals surface area contributed by atoms with E-state index in [0.717, 1.165) is 17.7 Å². The molecule has 0 aliphatic rings. The zero-order valence-electron chi connectivity index (χ0n) is 8.98. The largest absolute Gasteiger partial charge is 0.307 e. The van der Waals surface area contributed by atoms with Crippen molar-refractivity contribution in [3.63, 3.8) is 0 Å². The first-order chi connectivity index (χ1) is 7.07. The molecule has 82 valence electrons. The SMILES string of the molecule is C=C(C)C(NCC)c1cccc(F)c1Cl. The minimum absolute atomic E-state index is 0.0850. The highest BCUT2D eigenvalue weighted by Gasteiger charge is 2.16. The summed E-state index contributed by atoms with van der Waals surface area (Å²) in [5, 5.41) is 3.39. The molecule has 1 unspecified atom stereocenters. The van der Waals surface area contributed by atoms with Crippen molar-refractivity contribution < 1.29 is 4.39 Å². The average molecular weight is 228 g/mol. The number of likely N-dealkylation sites (N-methyl/N-ethyl adjacent to an activating group) is 1. The van der Waals surface area contributed by atoms with Crippen molar-refractivity contribution in [2.24, 2.45) is 0 Å². The van der Waals surface area contributed by atoms with Crippen LogP contribution in [0.2, 0.25) is 5.02 Å². The first kappa shape index (κ1) is 12.2. The molecule has 0 amide bonds. The van der Waals surface area contributed by atoms with Gasteiger partial charge in [-0.1, -0.05) is 42.8 Å². The highest BCUT2D eigenvalue weighted by molar-refractivity contribution is 6.31. The fraction of sp³-hybridized carbons (Fsp3) is 0.333. The van der Waals surface area contributed by atoms with Gasteiger partial charge in [0, 0.05) is 0 Å². The van der Waals surface area contributed by atoms with E-state index < -0.39 is 5.82 Å². The minimum Gasteiger partial charge on any atom is -0.307 e. The molecule has 1 rings (SSSR count). The molecule has 1 aromatic rings. The summed E-state index contributed by atoms with van der Waals surface area (Å²) >= 11 is 5.91. The smallest absolute Gasteiger partial charge is 0.142 e. The molecule has 0 aliphatic heterocycles. The third-order valence-corrected chi connectivity index (χ3v) is 2.59. The number of nitrogens with one attached hydrogen (secondary N) is 1. The Hall–Kier alpha value is -0.860. The zero-order valence-corrected chi connectivity index (χ0v) is 9.74. The third-order valence-electron chi connectivity index (χ3n) is 2.19. The molecular formula is C12H15ClFN. The Morgan fingerprint density at radius 1 is 1.60 bits per heavy atom. The number of rotatable bonds is 4. The monoisotopic (exact) mass is 227 g/mol. The lowest BCUT2D eigenvalue weighted by atomic mass is 10.0. The number of halogens is 2. The Balaban J connectivity index is 3.11. The van der Waals surface area contributed by atoms with Gasteiger partial charge in [-0.05, 0) is 25.1 Å². The van der Waals surface area contributed by atoms with E-state index >= 15 is 0 Å². The van der Waals surface area contributed by atoms with Crippen LogP contribution >= 0.6 is 11.6 Å². The van der Waals surface area contributed by atoms with Gasteiger partial charge in [-0.15, -0.1) is 0 Å². The van der Waals surface area contributed by atoms with Crippen LogP contribution in [0.25, 0.3) is 0 Å². The van der Waals surface area contributed by atoms with Gasteiger partial charge in [-0.25, -0.2) is 4.39 Å². The maximum atomic E-state index is 13.3. The maximum Gasteiger partial charge on any atom is 0.142 e. The van der Waals surface area contributed by atoms with Gasteiger partial charge in [0.1, 0.15) is 5.82 Å². The van der Waals surface area contributed by atoms with E-state index in [2.05, 4.69) is 11.9 Å². The van der Waals surface area contributed by atoms with Crippen LogP contribution in [0.1, 0.15) is 25.5 Å². The Morgan fingerprint density at radius 3 is 2.80 bits per heavy atom. The van der Waals surface area contributed by atoms with E-state index in [1.165, 1.54) is 6.07 Å². The first-order valence-electron chi connectivity index (χ1n) is 4.90. The highest BCUT2D eigenvalue weighted by Crippen LogP contribution is 2.29. The van der Waals surface area contributed by atoms with Crippen molar-refractivity contribution in [2.45, 2.75) is 19.9 Å². The molecule has 0 spiro atoms. The highest BCUT2D eigenvalue weighted by atomic mass is 35.5. The summed E-state index contributed by atoms with van der Waals surface area (Å²) in [6.45, 7) is 8.55. The zero-order chi connectivity index (χ0) is 11.4. The van der Waals surface area contributed by atoms with Crippen molar-refractivity contribution >= 4 is 11.6 Å². The lowest BCUT2D eigenvalue weighted by Crippen LogP contribution is -2.22. The van der Waals surface area contributed by atoms with Crippen molar-refractivity contribution in [2.75, 3.05) is 6.54 Å². The third kappa shape index (κ3) is 2.80. The maximum absolute atomic E-state index is 13.3. The van der Waals surface area contributed by atoms with Crippen molar-refractivity contribution in [1.29, 1.82) is 0 Å². The van der Waals surface area contributed by atoms with E-state index in [0.29, 0.717) is 0 Å². The normalized spacial score (nSPS) is 12.5. The van der Waals surface area contributed by atoms with Crippen molar-refractivity contribution in [3.05, 3.63) is 46.8 Å². The van der Waals surface area contributed by atoms with Crippen LogP contribution in [0.3, 0.4) is 0 Å². The molecule has 0 aromatic heterocycles.